The van der Waals surface area contributed by atoms with Gasteiger partial charge in [-0.05, 0) is 18.2 Å². The van der Waals surface area contributed by atoms with Crippen LogP contribution in [0, 0.1) is 15.9 Å². The third-order valence-corrected chi connectivity index (χ3v) is 3.02. The van der Waals surface area contributed by atoms with Gasteiger partial charge in [0.05, 0.1) is 4.92 Å². The molecule has 0 saturated carbocycles. The van der Waals surface area contributed by atoms with Crippen LogP contribution in [0.1, 0.15) is 0 Å². The molecule has 3 nitrogen and oxygen atoms in total. The molecular formula is C12H6Cl2FNO2. The van der Waals surface area contributed by atoms with Crippen molar-refractivity contribution in [3.8, 4) is 11.1 Å². The average molecular weight is 286 g/mol. The molecule has 6 heteroatoms. The Bertz CT molecular complexity index is 611. The summed E-state index contributed by atoms with van der Waals surface area (Å²) < 4.78 is 13.7. The monoisotopic (exact) mass is 285 g/mol. The first kappa shape index (κ1) is 12.8. The minimum atomic E-state index is -0.615. The first-order valence-corrected chi connectivity index (χ1v) is 5.64. The maximum absolute atomic E-state index is 13.7. The molecule has 0 saturated heterocycles. The molecule has 2 aromatic rings. The van der Waals surface area contributed by atoms with Gasteiger partial charge in [0.1, 0.15) is 5.82 Å². The Morgan fingerprint density at radius 2 is 1.72 bits per heavy atom. The lowest BCUT2D eigenvalue weighted by atomic mass is 10.0. The van der Waals surface area contributed by atoms with Gasteiger partial charge >= 0.3 is 0 Å². The van der Waals surface area contributed by atoms with Crippen molar-refractivity contribution in [2.24, 2.45) is 0 Å². The molecule has 2 aromatic carbocycles. The fraction of sp³-hybridized carbons (Fsp3) is 0. The Hall–Kier alpha value is -1.65. The van der Waals surface area contributed by atoms with E-state index in [0.717, 1.165) is 18.2 Å². The third-order valence-electron chi connectivity index (χ3n) is 2.39. The highest BCUT2D eigenvalue weighted by Crippen LogP contribution is 2.37. The van der Waals surface area contributed by atoms with Gasteiger partial charge in [0, 0.05) is 33.3 Å². The SMILES string of the molecule is O=[N+]([O-])c1ccc(F)c(-c2c(Cl)cccc2Cl)c1. The van der Waals surface area contributed by atoms with Gasteiger partial charge in [-0.3, -0.25) is 10.1 Å². The van der Waals surface area contributed by atoms with Crippen LogP contribution in [0.25, 0.3) is 11.1 Å². The van der Waals surface area contributed by atoms with Crippen molar-refractivity contribution in [2.45, 2.75) is 0 Å². The average Bonchev–Trinajstić information content (AvgIpc) is 2.30. The van der Waals surface area contributed by atoms with E-state index in [1.54, 1.807) is 18.2 Å². The van der Waals surface area contributed by atoms with Crippen molar-refractivity contribution >= 4 is 28.9 Å². The van der Waals surface area contributed by atoms with Gasteiger partial charge in [0.2, 0.25) is 0 Å². The van der Waals surface area contributed by atoms with Gasteiger partial charge in [-0.25, -0.2) is 4.39 Å². The van der Waals surface area contributed by atoms with Crippen LogP contribution in [0.2, 0.25) is 10.0 Å². The quantitative estimate of drug-likeness (QED) is 0.592. The van der Waals surface area contributed by atoms with E-state index >= 15 is 0 Å². The fourth-order valence-electron chi connectivity index (χ4n) is 1.57. The number of nitrogens with zero attached hydrogens (tertiary/aromatic N) is 1. The van der Waals surface area contributed by atoms with Gasteiger partial charge in [-0.2, -0.15) is 0 Å². The number of benzene rings is 2. The maximum atomic E-state index is 13.7. The summed E-state index contributed by atoms with van der Waals surface area (Å²) in [7, 11) is 0. The summed E-state index contributed by atoms with van der Waals surface area (Å²) >= 11 is 11.9. The summed E-state index contributed by atoms with van der Waals surface area (Å²) in [6.07, 6.45) is 0. The molecule has 92 valence electrons. The van der Waals surface area contributed by atoms with Gasteiger partial charge in [-0.1, -0.05) is 29.3 Å². The van der Waals surface area contributed by atoms with Crippen LogP contribution in [0.15, 0.2) is 36.4 Å². The number of hydrogen-bond donors (Lipinski definition) is 0. The normalized spacial score (nSPS) is 10.4. The molecule has 0 aromatic heterocycles. The zero-order valence-electron chi connectivity index (χ0n) is 8.86. The first-order chi connectivity index (χ1) is 8.50. The summed E-state index contributed by atoms with van der Waals surface area (Å²) in [4.78, 5) is 10.1. The van der Waals surface area contributed by atoms with Crippen molar-refractivity contribution in [3.63, 3.8) is 0 Å². The van der Waals surface area contributed by atoms with Crippen molar-refractivity contribution in [2.75, 3.05) is 0 Å². The molecule has 0 unspecified atom stereocenters. The lowest BCUT2D eigenvalue weighted by molar-refractivity contribution is -0.384. The van der Waals surface area contributed by atoms with Crippen LogP contribution in [0.3, 0.4) is 0 Å². The summed E-state index contributed by atoms with van der Waals surface area (Å²) in [5, 5.41) is 11.2. The van der Waals surface area contributed by atoms with Gasteiger partial charge in [0.25, 0.3) is 5.69 Å². The van der Waals surface area contributed by atoms with E-state index in [9.17, 15) is 14.5 Å². The highest BCUT2D eigenvalue weighted by atomic mass is 35.5. The van der Waals surface area contributed by atoms with Crippen molar-refractivity contribution in [1.82, 2.24) is 0 Å². The molecule has 18 heavy (non-hydrogen) atoms. The molecule has 0 fully saturated rings. The number of non-ortho nitro benzene ring substituents is 1. The second kappa shape index (κ2) is 4.92. The number of rotatable bonds is 2. The lowest BCUT2D eigenvalue weighted by Crippen LogP contribution is -1.92. The summed E-state index contributed by atoms with van der Waals surface area (Å²) in [5.41, 5.74) is 0.0456. The van der Waals surface area contributed by atoms with E-state index in [-0.39, 0.29) is 26.9 Å². The zero-order chi connectivity index (χ0) is 13.3. The molecular weight excluding hydrogens is 280 g/mol. The van der Waals surface area contributed by atoms with E-state index in [2.05, 4.69) is 0 Å². The second-order valence-electron chi connectivity index (χ2n) is 3.52. The molecule has 0 aliphatic carbocycles. The van der Waals surface area contributed by atoms with Crippen molar-refractivity contribution in [3.05, 3.63) is 62.4 Å². The predicted molar refractivity (Wildman–Crippen MR) is 68.5 cm³/mol. The molecule has 0 aliphatic rings. The summed E-state index contributed by atoms with van der Waals surface area (Å²) in [6, 6.07) is 7.92. The highest BCUT2D eigenvalue weighted by Gasteiger charge is 2.16. The Kier molecular flexibility index (Phi) is 3.50. The minimum Gasteiger partial charge on any atom is -0.258 e. The Morgan fingerprint density at radius 1 is 1.11 bits per heavy atom. The molecule has 0 radical (unpaired) electrons. The van der Waals surface area contributed by atoms with E-state index in [0.29, 0.717) is 0 Å². The molecule has 0 amide bonds. The number of nitro groups is 1. The minimum absolute atomic E-state index is 0.0137. The van der Waals surface area contributed by atoms with Gasteiger partial charge in [0.15, 0.2) is 0 Å². The van der Waals surface area contributed by atoms with E-state index in [1.807, 2.05) is 0 Å². The number of halogens is 3. The number of nitro benzene ring substituents is 1. The van der Waals surface area contributed by atoms with Crippen LogP contribution in [0.5, 0.6) is 0 Å². The maximum Gasteiger partial charge on any atom is 0.270 e. The first-order valence-electron chi connectivity index (χ1n) is 4.89. The van der Waals surface area contributed by atoms with Gasteiger partial charge < -0.3 is 0 Å². The Balaban J connectivity index is 2.70. The largest absolute Gasteiger partial charge is 0.270 e. The highest BCUT2D eigenvalue weighted by molar-refractivity contribution is 6.39. The molecule has 2 rings (SSSR count). The van der Waals surface area contributed by atoms with Crippen LogP contribution < -0.4 is 0 Å². The predicted octanol–water partition coefficient (Wildman–Crippen LogP) is 4.71. The van der Waals surface area contributed by atoms with Crippen LogP contribution in [0.4, 0.5) is 10.1 Å². The second-order valence-corrected chi connectivity index (χ2v) is 4.33. The smallest absolute Gasteiger partial charge is 0.258 e. The van der Waals surface area contributed by atoms with E-state index in [1.165, 1.54) is 0 Å². The van der Waals surface area contributed by atoms with Gasteiger partial charge in [-0.15, -0.1) is 0 Å². The topological polar surface area (TPSA) is 43.1 Å². The van der Waals surface area contributed by atoms with Crippen molar-refractivity contribution in [1.29, 1.82) is 0 Å². The molecule has 0 atom stereocenters. The molecule has 0 spiro atoms. The van der Waals surface area contributed by atoms with E-state index in [4.69, 9.17) is 23.2 Å². The fourth-order valence-corrected chi connectivity index (χ4v) is 2.17. The Labute approximate surface area is 112 Å². The van der Waals surface area contributed by atoms with Crippen LogP contribution in [-0.2, 0) is 0 Å². The summed E-state index contributed by atoms with van der Waals surface area (Å²) in [5.74, 6) is -0.615. The van der Waals surface area contributed by atoms with E-state index < -0.39 is 10.7 Å². The number of hydrogen-bond acceptors (Lipinski definition) is 2. The molecule has 0 heterocycles. The Morgan fingerprint density at radius 3 is 2.28 bits per heavy atom. The molecule has 0 N–H and O–H groups in total. The standard InChI is InChI=1S/C12H6Cl2FNO2/c13-9-2-1-3-10(14)12(9)8-6-7(16(17)18)4-5-11(8)15/h1-6H. The molecule has 0 aliphatic heterocycles. The summed E-state index contributed by atoms with van der Waals surface area (Å²) in [6.45, 7) is 0. The van der Waals surface area contributed by atoms with Crippen LogP contribution >= 0.6 is 23.2 Å². The molecule has 0 bridgehead atoms. The zero-order valence-corrected chi connectivity index (χ0v) is 10.4. The third kappa shape index (κ3) is 2.30. The van der Waals surface area contributed by atoms with Crippen molar-refractivity contribution < 1.29 is 9.31 Å². The van der Waals surface area contributed by atoms with Crippen LogP contribution in [-0.4, -0.2) is 4.92 Å². The lowest BCUT2D eigenvalue weighted by Gasteiger charge is -2.08.